The van der Waals surface area contributed by atoms with Crippen molar-refractivity contribution in [1.82, 2.24) is 5.32 Å². The highest BCUT2D eigenvalue weighted by Gasteiger charge is 2.31. The Morgan fingerprint density at radius 1 is 1.28 bits per heavy atom. The molecule has 0 aliphatic heterocycles. The van der Waals surface area contributed by atoms with Gasteiger partial charge in [-0.25, -0.2) is 4.79 Å². The molecule has 0 heterocycles. The standard InChI is InChI=1S/C13H23NO4/c1-13(2,3)18-12(16)14-10-7-5-6-9(10)8-11(15)17-4/h9-10H,5-8H2,1-4H3,(H,14,16). The molecule has 2 unspecified atom stereocenters. The van der Waals surface area contributed by atoms with E-state index in [1.54, 1.807) is 0 Å². The number of esters is 1. The van der Waals surface area contributed by atoms with Gasteiger partial charge in [0.2, 0.25) is 0 Å². The number of carbonyl (C=O) groups is 2. The first kappa shape index (κ1) is 14.8. The molecule has 1 fully saturated rings. The summed E-state index contributed by atoms with van der Waals surface area (Å²) < 4.78 is 9.88. The van der Waals surface area contributed by atoms with Crippen LogP contribution in [0.4, 0.5) is 4.79 Å². The first-order chi connectivity index (χ1) is 8.31. The summed E-state index contributed by atoms with van der Waals surface area (Å²) >= 11 is 0. The number of amides is 1. The molecule has 0 radical (unpaired) electrons. The highest BCUT2D eigenvalue weighted by Crippen LogP contribution is 2.29. The van der Waals surface area contributed by atoms with Gasteiger partial charge in [0.25, 0.3) is 0 Å². The van der Waals surface area contributed by atoms with Gasteiger partial charge in [-0.1, -0.05) is 6.42 Å². The number of alkyl carbamates (subject to hydrolysis) is 1. The van der Waals surface area contributed by atoms with E-state index in [4.69, 9.17) is 4.74 Å². The largest absolute Gasteiger partial charge is 0.469 e. The minimum absolute atomic E-state index is 0.0129. The van der Waals surface area contributed by atoms with E-state index in [1.807, 2.05) is 20.8 Å². The summed E-state index contributed by atoms with van der Waals surface area (Å²) in [7, 11) is 1.38. The number of hydrogen-bond donors (Lipinski definition) is 1. The average Bonchev–Trinajstić information content (AvgIpc) is 2.62. The molecule has 5 nitrogen and oxygen atoms in total. The van der Waals surface area contributed by atoms with Gasteiger partial charge in [-0.3, -0.25) is 4.79 Å². The van der Waals surface area contributed by atoms with E-state index in [-0.39, 0.29) is 17.9 Å². The van der Waals surface area contributed by atoms with Crippen molar-refractivity contribution in [3.63, 3.8) is 0 Å². The van der Waals surface area contributed by atoms with E-state index >= 15 is 0 Å². The van der Waals surface area contributed by atoms with Crippen LogP contribution in [0.3, 0.4) is 0 Å². The molecule has 1 rings (SSSR count). The molecule has 5 heteroatoms. The second-order valence-corrected chi connectivity index (χ2v) is 5.72. The molecule has 104 valence electrons. The molecule has 1 aliphatic rings. The lowest BCUT2D eigenvalue weighted by molar-refractivity contribution is -0.141. The van der Waals surface area contributed by atoms with Crippen LogP contribution in [-0.2, 0) is 14.3 Å². The fraction of sp³-hybridized carbons (Fsp3) is 0.846. The zero-order chi connectivity index (χ0) is 13.8. The molecule has 1 saturated carbocycles. The molecule has 0 aromatic heterocycles. The topological polar surface area (TPSA) is 64.6 Å². The summed E-state index contributed by atoms with van der Waals surface area (Å²) in [6.07, 6.45) is 2.79. The predicted molar refractivity (Wildman–Crippen MR) is 67.1 cm³/mol. The van der Waals surface area contributed by atoms with Gasteiger partial charge in [-0.15, -0.1) is 0 Å². The van der Waals surface area contributed by atoms with Crippen molar-refractivity contribution >= 4 is 12.1 Å². The quantitative estimate of drug-likeness (QED) is 0.787. The number of hydrogen-bond acceptors (Lipinski definition) is 4. The summed E-state index contributed by atoms with van der Waals surface area (Å²) in [6, 6.07) is 0.0129. The van der Waals surface area contributed by atoms with Gasteiger partial charge < -0.3 is 14.8 Å². The third kappa shape index (κ3) is 4.94. The normalized spacial score (nSPS) is 23.6. The summed E-state index contributed by atoms with van der Waals surface area (Å²) in [5.41, 5.74) is -0.499. The summed E-state index contributed by atoms with van der Waals surface area (Å²) in [5, 5.41) is 2.85. The van der Waals surface area contributed by atoms with Crippen LogP contribution in [0.2, 0.25) is 0 Å². The monoisotopic (exact) mass is 257 g/mol. The first-order valence-corrected chi connectivity index (χ1v) is 6.38. The molecule has 0 spiro atoms. The Morgan fingerprint density at radius 2 is 1.94 bits per heavy atom. The van der Waals surface area contributed by atoms with Crippen molar-refractivity contribution in [2.75, 3.05) is 7.11 Å². The fourth-order valence-corrected chi connectivity index (χ4v) is 2.23. The number of nitrogens with one attached hydrogen (secondary N) is 1. The Balaban J connectivity index is 2.45. The number of rotatable bonds is 3. The Morgan fingerprint density at radius 3 is 2.50 bits per heavy atom. The number of methoxy groups -OCH3 is 1. The third-order valence-corrected chi connectivity index (χ3v) is 3.02. The van der Waals surface area contributed by atoms with E-state index in [0.717, 1.165) is 19.3 Å². The van der Waals surface area contributed by atoms with E-state index in [0.29, 0.717) is 6.42 Å². The van der Waals surface area contributed by atoms with E-state index in [9.17, 15) is 9.59 Å². The molecule has 0 saturated heterocycles. The van der Waals surface area contributed by atoms with Gasteiger partial charge in [-0.05, 0) is 39.5 Å². The van der Waals surface area contributed by atoms with Gasteiger partial charge in [0, 0.05) is 6.04 Å². The van der Waals surface area contributed by atoms with Crippen LogP contribution in [0.1, 0.15) is 46.5 Å². The van der Waals surface area contributed by atoms with Crippen LogP contribution in [0, 0.1) is 5.92 Å². The molecule has 1 amide bonds. The summed E-state index contributed by atoms with van der Waals surface area (Å²) in [5.74, 6) is -0.0668. The van der Waals surface area contributed by atoms with E-state index in [1.165, 1.54) is 7.11 Å². The van der Waals surface area contributed by atoms with Crippen molar-refractivity contribution in [3.05, 3.63) is 0 Å². The van der Waals surface area contributed by atoms with Crippen LogP contribution < -0.4 is 5.32 Å². The molecule has 18 heavy (non-hydrogen) atoms. The second kappa shape index (κ2) is 6.07. The van der Waals surface area contributed by atoms with Crippen molar-refractivity contribution < 1.29 is 19.1 Å². The Bertz CT molecular complexity index is 309. The molecular weight excluding hydrogens is 234 g/mol. The lowest BCUT2D eigenvalue weighted by atomic mass is 10.00. The molecule has 0 aromatic rings. The van der Waals surface area contributed by atoms with Crippen molar-refractivity contribution in [1.29, 1.82) is 0 Å². The maximum Gasteiger partial charge on any atom is 0.407 e. The minimum Gasteiger partial charge on any atom is -0.469 e. The van der Waals surface area contributed by atoms with Gasteiger partial charge >= 0.3 is 12.1 Å². The van der Waals surface area contributed by atoms with Crippen molar-refractivity contribution in [2.24, 2.45) is 5.92 Å². The highest BCUT2D eigenvalue weighted by atomic mass is 16.6. The predicted octanol–water partition coefficient (Wildman–Crippen LogP) is 2.24. The molecule has 2 atom stereocenters. The van der Waals surface area contributed by atoms with Crippen molar-refractivity contribution in [2.45, 2.75) is 58.1 Å². The van der Waals surface area contributed by atoms with Gasteiger partial charge in [0.15, 0.2) is 0 Å². The van der Waals surface area contributed by atoms with Gasteiger partial charge in [0.1, 0.15) is 5.60 Å². The van der Waals surface area contributed by atoms with Crippen molar-refractivity contribution in [3.8, 4) is 0 Å². The molecule has 0 bridgehead atoms. The van der Waals surface area contributed by atoms with Crippen LogP contribution in [0.5, 0.6) is 0 Å². The summed E-state index contributed by atoms with van der Waals surface area (Å²) in [6.45, 7) is 5.48. The lowest BCUT2D eigenvalue weighted by Crippen LogP contribution is -2.41. The lowest BCUT2D eigenvalue weighted by Gasteiger charge is -2.24. The van der Waals surface area contributed by atoms with E-state index < -0.39 is 11.7 Å². The SMILES string of the molecule is COC(=O)CC1CCCC1NC(=O)OC(C)(C)C. The number of ether oxygens (including phenoxy) is 2. The molecule has 0 aromatic carbocycles. The average molecular weight is 257 g/mol. The highest BCUT2D eigenvalue weighted by molar-refractivity contribution is 5.70. The maximum absolute atomic E-state index is 11.7. The zero-order valence-electron chi connectivity index (χ0n) is 11.6. The van der Waals surface area contributed by atoms with Gasteiger partial charge in [0.05, 0.1) is 13.5 Å². The van der Waals surface area contributed by atoms with Gasteiger partial charge in [-0.2, -0.15) is 0 Å². The minimum atomic E-state index is -0.499. The fourth-order valence-electron chi connectivity index (χ4n) is 2.23. The van der Waals surface area contributed by atoms with Crippen LogP contribution in [0.25, 0.3) is 0 Å². The first-order valence-electron chi connectivity index (χ1n) is 6.38. The Hall–Kier alpha value is -1.26. The van der Waals surface area contributed by atoms with Crippen LogP contribution >= 0.6 is 0 Å². The maximum atomic E-state index is 11.7. The van der Waals surface area contributed by atoms with E-state index in [2.05, 4.69) is 10.1 Å². The summed E-state index contributed by atoms with van der Waals surface area (Å²) in [4.78, 5) is 22.9. The van der Waals surface area contributed by atoms with Crippen LogP contribution in [-0.4, -0.2) is 30.8 Å². The molecule has 1 aliphatic carbocycles. The zero-order valence-corrected chi connectivity index (χ0v) is 11.6. The third-order valence-electron chi connectivity index (χ3n) is 3.02. The smallest absolute Gasteiger partial charge is 0.407 e. The molecule has 1 N–H and O–H groups in total. The Labute approximate surface area is 108 Å². The second-order valence-electron chi connectivity index (χ2n) is 5.72. The molecular formula is C13H23NO4. The number of carbonyl (C=O) groups excluding carboxylic acids is 2. The Kier molecular flexibility index (Phi) is 4.99. The van der Waals surface area contributed by atoms with Crippen LogP contribution in [0.15, 0.2) is 0 Å².